The van der Waals surface area contributed by atoms with Crippen LogP contribution >= 0.6 is 27.7 Å². The number of fused-ring (bicyclic) bond motifs is 1. The zero-order valence-corrected chi connectivity index (χ0v) is 19.5. The van der Waals surface area contributed by atoms with Gasteiger partial charge in [-0.15, -0.1) is 22.0 Å². The molecule has 3 heterocycles. The van der Waals surface area contributed by atoms with E-state index in [1.165, 1.54) is 0 Å². The number of rotatable bonds is 5. The summed E-state index contributed by atoms with van der Waals surface area (Å²) in [7, 11) is 1.94. The van der Waals surface area contributed by atoms with Crippen molar-refractivity contribution in [1.82, 2.24) is 24.7 Å². The molecule has 0 atom stereocenters. The summed E-state index contributed by atoms with van der Waals surface area (Å²) in [5.74, 6) is 1.70. The Morgan fingerprint density at radius 2 is 1.94 bits per heavy atom. The van der Waals surface area contributed by atoms with Gasteiger partial charge in [-0.2, -0.15) is 5.26 Å². The van der Waals surface area contributed by atoms with Gasteiger partial charge in [-0.05, 0) is 51.7 Å². The Balaban J connectivity index is 1.55. The molecular formula is C23H19BrN6S. The van der Waals surface area contributed by atoms with Gasteiger partial charge < -0.3 is 4.57 Å². The van der Waals surface area contributed by atoms with Gasteiger partial charge in [-0.25, -0.2) is 4.98 Å². The number of imidazole rings is 1. The van der Waals surface area contributed by atoms with Crippen LogP contribution in [0.2, 0.25) is 0 Å². The van der Waals surface area contributed by atoms with Gasteiger partial charge in [-0.3, -0.25) is 4.98 Å². The highest BCUT2D eigenvalue weighted by Crippen LogP contribution is 2.47. The molecule has 4 aromatic rings. The first-order valence-corrected chi connectivity index (χ1v) is 11.8. The van der Waals surface area contributed by atoms with E-state index in [-0.39, 0.29) is 5.41 Å². The maximum Gasteiger partial charge on any atom is 0.182 e. The van der Waals surface area contributed by atoms with E-state index in [2.05, 4.69) is 69.5 Å². The van der Waals surface area contributed by atoms with Crippen molar-refractivity contribution in [2.24, 2.45) is 7.05 Å². The Morgan fingerprint density at radius 3 is 2.61 bits per heavy atom. The minimum absolute atomic E-state index is 0.262. The number of benzene rings is 1. The van der Waals surface area contributed by atoms with E-state index in [0.29, 0.717) is 4.60 Å². The second kappa shape index (κ2) is 7.74. The van der Waals surface area contributed by atoms with E-state index in [9.17, 15) is 5.26 Å². The van der Waals surface area contributed by atoms with Crippen molar-refractivity contribution in [3.05, 3.63) is 52.8 Å². The molecule has 1 aliphatic rings. The lowest BCUT2D eigenvalue weighted by Crippen LogP contribution is -2.01. The molecule has 1 saturated carbocycles. The molecule has 0 aliphatic heterocycles. The van der Waals surface area contributed by atoms with Gasteiger partial charge in [0.1, 0.15) is 15.8 Å². The quantitative estimate of drug-likeness (QED) is 0.342. The fraction of sp³-hybridized carbons (Fsp3) is 0.261. The number of hydrogen-bond donors (Lipinski definition) is 0. The summed E-state index contributed by atoms with van der Waals surface area (Å²) in [6.45, 7) is 2.13. The maximum absolute atomic E-state index is 9.44. The smallest absolute Gasteiger partial charge is 0.182 e. The fourth-order valence-electron chi connectivity index (χ4n) is 3.78. The van der Waals surface area contributed by atoms with E-state index in [0.717, 1.165) is 62.9 Å². The Kier molecular flexibility index (Phi) is 5.03. The molecule has 0 spiro atoms. The van der Waals surface area contributed by atoms with E-state index in [1.54, 1.807) is 11.8 Å². The standard InChI is InChI=1S/C23H19BrN6S/c1-3-31-18-10-15(14-4-6-16(7-5-14)23(13-25)8-9-23)12-26-20(18)22-27-17-11-19(24)28-29-21(17)30(22)2/h4-7,10-12H,3,8-9H2,1-2H3. The van der Waals surface area contributed by atoms with E-state index in [4.69, 9.17) is 9.97 Å². The van der Waals surface area contributed by atoms with Gasteiger partial charge in [0.25, 0.3) is 0 Å². The summed E-state index contributed by atoms with van der Waals surface area (Å²) in [6.07, 6.45) is 3.80. The fourth-order valence-corrected chi connectivity index (χ4v) is 4.88. The lowest BCUT2D eigenvalue weighted by molar-refractivity contribution is 0.902. The molecule has 8 heteroatoms. The van der Waals surface area contributed by atoms with Crippen LogP contribution in [0.1, 0.15) is 25.3 Å². The van der Waals surface area contributed by atoms with Crippen molar-refractivity contribution in [3.63, 3.8) is 0 Å². The number of aromatic nitrogens is 5. The van der Waals surface area contributed by atoms with Crippen LogP contribution in [0.3, 0.4) is 0 Å². The molecule has 1 aliphatic carbocycles. The van der Waals surface area contributed by atoms with Crippen molar-refractivity contribution < 1.29 is 0 Å². The molecule has 0 N–H and O–H groups in total. The average Bonchev–Trinajstić information content (AvgIpc) is 3.53. The first-order valence-electron chi connectivity index (χ1n) is 10.1. The first kappa shape index (κ1) is 20.2. The van der Waals surface area contributed by atoms with Crippen molar-refractivity contribution in [2.45, 2.75) is 30.1 Å². The summed E-state index contributed by atoms with van der Waals surface area (Å²) in [4.78, 5) is 10.6. The predicted molar refractivity (Wildman–Crippen MR) is 126 cm³/mol. The summed E-state index contributed by atoms with van der Waals surface area (Å²) in [5, 5.41) is 17.8. The van der Waals surface area contributed by atoms with Gasteiger partial charge in [0, 0.05) is 29.8 Å². The largest absolute Gasteiger partial charge is 0.309 e. The third kappa shape index (κ3) is 3.52. The van der Waals surface area contributed by atoms with Crippen LogP contribution in [0.5, 0.6) is 0 Å². The van der Waals surface area contributed by atoms with Crippen LogP contribution in [0.4, 0.5) is 0 Å². The molecule has 5 rings (SSSR count). The first-order chi connectivity index (χ1) is 15.0. The summed E-state index contributed by atoms with van der Waals surface area (Å²) in [6, 6.07) is 14.8. The topological polar surface area (TPSA) is 80.3 Å². The van der Waals surface area contributed by atoms with Crippen LogP contribution < -0.4 is 0 Å². The molecule has 1 aromatic carbocycles. The van der Waals surface area contributed by atoms with Gasteiger partial charge >= 0.3 is 0 Å². The summed E-state index contributed by atoms with van der Waals surface area (Å²) >= 11 is 5.11. The lowest BCUT2D eigenvalue weighted by Gasteiger charge is -2.11. The molecule has 6 nitrogen and oxygen atoms in total. The van der Waals surface area contributed by atoms with Crippen molar-refractivity contribution in [3.8, 4) is 28.7 Å². The van der Waals surface area contributed by atoms with Gasteiger partial charge in [0.05, 0.1) is 11.5 Å². The molecule has 1 fully saturated rings. The minimum Gasteiger partial charge on any atom is -0.309 e. The van der Waals surface area contributed by atoms with Gasteiger partial charge in [0.2, 0.25) is 0 Å². The van der Waals surface area contributed by atoms with E-state index >= 15 is 0 Å². The third-order valence-electron chi connectivity index (χ3n) is 5.69. The molecule has 31 heavy (non-hydrogen) atoms. The van der Waals surface area contributed by atoms with Crippen LogP contribution in [0.25, 0.3) is 33.8 Å². The number of pyridine rings is 1. The molecule has 0 radical (unpaired) electrons. The molecule has 154 valence electrons. The summed E-state index contributed by atoms with van der Waals surface area (Å²) < 4.78 is 2.59. The molecular weight excluding hydrogens is 472 g/mol. The number of nitriles is 1. The van der Waals surface area contributed by atoms with E-state index in [1.807, 2.05) is 23.9 Å². The molecule has 0 saturated heterocycles. The highest BCUT2D eigenvalue weighted by atomic mass is 79.9. The maximum atomic E-state index is 9.44. The number of halogens is 1. The monoisotopic (exact) mass is 490 g/mol. The summed E-state index contributed by atoms with van der Waals surface area (Å²) in [5.41, 5.74) is 5.33. The highest BCUT2D eigenvalue weighted by molar-refractivity contribution is 9.10. The second-order valence-corrected chi connectivity index (χ2v) is 9.76. The zero-order chi connectivity index (χ0) is 21.6. The lowest BCUT2D eigenvalue weighted by atomic mass is 9.95. The van der Waals surface area contributed by atoms with Crippen molar-refractivity contribution in [2.75, 3.05) is 5.75 Å². The SMILES string of the molecule is CCSc1cc(-c2ccc(C3(C#N)CC3)cc2)cnc1-c1nc2cc(Br)nnc2n1C. The van der Waals surface area contributed by atoms with Crippen LogP contribution in [-0.2, 0) is 12.5 Å². The third-order valence-corrected chi connectivity index (χ3v) is 6.98. The Hall–Kier alpha value is -2.76. The van der Waals surface area contributed by atoms with Gasteiger partial charge in [-0.1, -0.05) is 31.2 Å². The number of aryl methyl sites for hydroxylation is 1. The van der Waals surface area contributed by atoms with E-state index < -0.39 is 0 Å². The second-order valence-electron chi connectivity index (χ2n) is 7.65. The number of thioether (sulfide) groups is 1. The molecule has 0 bridgehead atoms. The van der Waals surface area contributed by atoms with Crippen molar-refractivity contribution in [1.29, 1.82) is 5.26 Å². The minimum atomic E-state index is -0.262. The Labute approximate surface area is 192 Å². The predicted octanol–water partition coefficient (Wildman–Crippen LogP) is 5.52. The highest BCUT2D eigenvalue weighted by Gasteiger charge is 2.44. The number of hydrogen-bond acceptors (Lipinski definition) is 6. The Morgan fingerprint density at radius 1 is 1.16 bits per heavy atom. The molecule has 0 unspecified atom stereocenters. The van der Waals surface area contributed by atoms with Crippen LogP contribution in [0, 0.1) is 11.3 Å². The molecule has 0 amide bonds. The Bertz CT molecular complexity index is 1330. The van der Waals surface area contributed by atoms with Crippen LogP contribution in [0.15, 0.2) is 52.1 Å². The number of nitrogens with zero attached hydrogens (tertiary/aromatic N) is 6. The molecule has 3 aromatic heterocycles. The average molecular weight is 491 g/mol. The normalized spacial score (nSPS) is 14.5. The van der Waals surface area contributed by atoms with Crippen LogP contribution in [-0.4, -0.2) is 30.5 Å². The zero-order valence-electron chi connectivity index (χ0n) is 17.1. The van der Waals surface area contributed by atoms with Crippen molar-refractivity contribution >= 4 is 38.9 Å². The van der Waals surface area contributed by atoms with Gasteiger partial charge in [0.15, 0.2) is 11.5 Å².